The van der Waals surface area contributed by atoms with Crippen molar-refractivity contribution in [3.8, 4) is 0 Å². The first kappa shape index (κ1) is 17.5. The molecule has 1 spiro atoms. The molecule has 4 rings (SSSR count). The Bertz CT molecular complexity index is 702. The summed E-state index contributed by atoms with van der Waals surface area (Å²) in [6, 6.07) is 0. The maximum Gasteiger partial charge on any atom is 0.307 e. The fourth-order valence-electron chi connectivity index (χ4n) is 4.88. The first-order chi connectivity index (χ1) is 12.5. The van der Waals surface area contributed by atoms with E-state index in [0.717, 1.165) is 44.3 Å². The molecule has 1 atom stereocenters. The van der Waals surface area contributed by atoms with Gasteiger partial charge in [0, 0.05) is 26.1 Å². The molecule has 1 aromatic heterocycles. The van der Waals surface area contributed by atoms with Crippen LogP contribution in [0.5, 0.6) is 0 Å². The Morgan fingerprint density at radius 3 is 2.58 bits per heavy atom. The number of hydrogen-bond donors (Lipinski definition) is 1. The third-order valence-corrected chi connectivity index (χ3v) is 6.38. The third kappa shape index (κ3) is 2.80. The Morgan fingerprint density at radius 2 is 1.96 bits per heavy atom. The molecule has 2 saturated heterocycles. The minimum atomic E-state index is -0.537. The molecule has 1 amide bonds. The van der Waals surface area contributed by atoms with Crippen LogP contribution in [0.1, 0.15) is 62.5 Å². The molecule has 1 aliphatic carbocycles. The molecule has 3 fully saturated rings. The van der Waals surface area contributed by atoms with E-state index in [1.165, 1.54) is 0 Å². The van der Waals surface area contributed by atoms with Crippen LogP contribution in [-0.2, 0) is 28.0 Å². The number of carbonyl (C=O) groups excluding carboxylic acids is 2. The molecule has 1 aromatic rings. The van der Waals surface area contributed by atoms with Gasteiger partial charge in [-0.05, 0) is 38.5 Å². The second-order valence-corrected chi connectivity index (χ2v) is 7.79. The standard InChI is InChI=1S/C18H26N4O4/c1-21-14(11-23)19-20-16(21)12-4-8-22(9-5-12)17(25)13-10-15(24)26-18(13)6-2-3-7-18/h12-13,23H,2-11H2,1H3/t13-/m1/s1. The SMILES string of the molecule is Cn1c(CO)nnc1C1CCN(C(=O)[C@H]2CC(=O)OC23CCCC3)CC1. The fraction of sp³-hybridized carbons (Fsp3) is 0.778. The maximum absolute atomic E-state index is 13.1. The molecule has 8 heteroatoms. The molecule has 1 saturated carbocycles. The normalized spacial score (nSPS) is 25.8. The number of piperidine rings is 1. The number of amides is 1. The molecule has 3 aliphatic rings. The average Bonchev–Trinajstić information content (AvgIpc) is 3.34. The van der Waals surface area contributed by atoms with Gasteiger partial charge in [-0.1, -0.05) is 0 Å². The molecular formula is C18H26N4O4. The average molecular weight is 362 g/mol. The summed E-state index contributed by atoms with van der Waals surface area (Å²) in [5.41, 5.74) is -0.537. The van der Waals surface area contributed by atoms with E-state index >= 15 is 0 Å². The number of rotatable bonds is 3. The van der Waals surface area contributed by atoms with E-state index in [-0.39, 0.29) is 36.7 Å². The van der Waals surface area contributed by atoms with Crippen molar-refractivity contribution in [3.05, 3.63) is 11.6 Å². The summed E-state index contributed by atoms with van der Waals surface area (Å²) >= 11 is 0. The molecule has 8 nitrogen and oxygen atoms in total. The van der Waals surface area contributed by atoms with Crippen molar-refractivity contribution in [3.63, 3.8) is 0 Å². The lowest BCUT2D eigenvalue weighted by atomic mass is 9.84. The van der Waals surface area contributed by atoms with E-state index < -0.39 is 5.60 Å². The van der Waals surface area contributed by atoms with Crippen LogP contribution in [-0.4, -0.2) is 55.3 Å². The number of aliphatic hydroxyl groups excluding tert-OH is 1. The van der Waals surface area contributed by atoms with E-state index in [0.29, 0.717) is 18.9 Å². The number of nitrogens with zero attached hydrogens (tertiary/aromatic N) is 4. The van der Waals surface area contributed by atoms with Crippen LogP contribution in [0.4, 0.5) is 0 Å². The summed E-state index contributed by atoms with van der Waals surface area (Å²) in [5.74, 6) is 1.20. The minimum absolute atomic E-state index is 0.0743. The van der Waals surface area contributed by atoms with E-state index in [2.05, 4.69) is 10.2 Å². The number of aromatic nitrogens is 3. The van der Waals surface area contributed by atoms with Gasteiger partial charge in [0.15, 0.2) is 5.82 Å². The van der Waals surface area contributed by atoms with Crippen molar-refractivity contribution in [2.75, 3.05) is 13.1 Å². The minimum Gasteiger partial charge on any atom is -0.458 e. The highest BCUT2D eigenvalue weighted by Gasteiger charge is 2.55. The number of hydrogen-bond acceptors (Lipinski definition) is 6. The Labute approximate surface area is 152 Å². The molecule has 1 N–H and O–H groups in total. The van der Waals surface area contributed by atoms with Crippen molar-refractivity contribution in [2.45, 2.75) is 63.1 Å². The third-order valence-electron chi connectivity index (χ3n) is 6.38. The number of esters is 1. The van der Waals surface area contributed by atoms with Crippen molar-refractivity contribution < 1.29 is 19.4 Å². The summed E-state index contributed by atoms with van der Waals surface area (Å²) in [6.45, 7) is 1.19. The van der Waals surface area contributed by atoms with Gasteiger partial charge in [-0.25, -0.2) is 0 Å². The zero-order chi connectivity index (χ0) is 18.3. The topological polar surface area (TPSA) is 97.5 Å². The van der Waals surface area contributed by atoms with Crippen LogP contribution in [0.15, 0.2) is 0 Å². The molecule has 0 radical (unpaired) electrons. The molecule has 26 heavy (non-hydrogen) atoms. The molecular weight excluding hydrogens is 336 g/mol. The van der Waals surface area contributed by atoms with Crippen LogP contribution in [0.3, 0.4) is 0 Å². The van der Waals surface area contributed by atoms with Gasteiger partial charge in [-0.15, -0.1) is 10.2 Å². The highest BCUT2D eigenvalue weighted by molar-refractivity contribution is 5.88. The molecule has 0 aromatic carbocycles. The van der Waals surface area contributed by atoms with Crippen LogP contribution in [0.25, 0.3) is 0 Å². The largest absolute Gasteiger partial charge is 0.458 e. The summed E-state index contributed by atoms with van der Waals surface area (Å²) in [6.07, 6.45) is 5.54. The monoisotopic (exact) mass is 362 g/mol. The van der Waals surface area contributed by atoms with Crippen molar-refractivity contribution >= 4 is 11.9 Å². The van der Waals surface area contributed by atoms with Gasteiger partial charge in [0.25, 0.3) is 0 Å². The van der Waals surface area contributed by atoms with E-state index in [9.17, 15) is 14.7 Å². The first-order valence-electron chi connectivity index (χ1n) is 9.54. The maximum atomic E-state index is 13.1. The highest BCUT2D eigenvalue weighted by atomic mass is 16.6. The van der Waals surface area contributed by atoms with E-state index in [4.69, 9.17) is 4.74 Å². The second kappa shape index (κ2) is 6.64. The van der Waals surface area contributed by atoms with Gasteiger partial charge in [-0.2, -0.15) is 0 Å². The van der Waals surface area contributed by atoms with Crippen molar-refractivity contribution in [1.29, 1.82) is 0 Å². The Morgan fingerprint density at radius 1 is 1.27 bits per heavy atom. The van der Waals surface area contributed by atoms with E-state index in [1.807, 2.05) is 16.5 Å². The lowest BCUT2D eigenvalue weighted by Crippen LogP contribution is -2.47. The Kier molecular flexibility index (Phi) is 4.46. The summed E-state index contributed by atoms with van der Waals surface area (Å²) in [7, 11) is 1.86. The van der Waals surface area contributed by atoms with Gasteiger partial charge < -0.3 is 19.3 Å². The van der Waals surface area contributed by atoms with Crippen LogP contribution >= 0.6 is 0 Å². The highest BCUT2D eigenvalue weighted by Crippen LogP contribution is 2.46. The van der Waals surface area contributed by atoms with Crippen molar-refractivity contribution in [1.82, 2.24) is 19.7 Å². The zero-order valence-corrected chi connectivity index (χ0v) is 15.2. The van der Waals surface area contributed by atoms with Crippen LogP contribution < -0.4 is 0 Å². The van der Waals surface area contributed by atoms with E-state index in [1.54, 1.807) is 0 Å². The first-order valence-corrected chi connectivity index (χ1v) is 9.54. The predicted molar refractivity (Wildman–Crippen MR) is 90.9 cm³/mol. The number of ether oxygens (including phenoxy) is 1. The zero-order valence-electron chi connectivity index (χ0n) is 15.2. The van der Waals surface area contributed by atoms with Gasteiger partial charge >= 0.3 is 5.97 Å². The fourth-order valence-corrected chi connectivity index (χ4v) is 4.88. The molecule has 142 valence electrons. The van der Waals surface area contributed by atoms with Gasteiger partial charge in [-0.3, -0.25) is 9.59 Å². The number of aliphatic hydroxyl groups is 1. The molecule has 2 aliphatic heterocycles. The predicted octanol–water partition coefficient (Wildman–Crippen LogP) is 0.889. The molecule has 0 unspecified atom stereocenters. The lowest BCUT2D eigenvalue weighted by Gasteiger charge is -2.36. The lowest BCUT2D eigenvalue weighted by molar-refractivity contribution is -0.152. The summed E-state index contributed by atoms with van der Waals surface area (Å²) in [5, 5.41) is 17.5. The van der Waals surface area contributed by atoms with Crippen LogP contribution in [0, 0.1) is 5.92 Å². The second-order valence-electron chi connectivity index (χ2n) is 7.79. The molecule has 0 bridgehead atoms. The Balaban J connectivity index is 1.42. The summed E-state index contributed by atoms with van der Waals surface area (Å²) in [4.78, 5) is 26.9. The summed E-state index contributed by atoms with van der Waals surface area (Å²) < 4.78 is 7.47. The smallest absolute Gasteiger partial charge is 0.307 e. The number of carbonyl (C=O) groups is 2. The van der Waals surface area contributed by atoms with Gasteiger partial charge in [0.1, 0.15) is 18.0 Å². The quantitative estimate of drug-likeness (QED) is 0.802. The van der Waals surface area contributed by atoms with Gasteiger partial charge in [0.05, 0.1) is 12.3 Å². The number of likely N-dealkylation sites (tertiary alicyclic amines) is 1. The van der Waals surface area contributed by atoms with Crippen molar-refractivity contribution in [2.24, 2.45) is 13.0 Å². The Hall–Kier alpha value is -1.96. The molecule has 3 heterocycles. The van der Waals surface area contributed by atoms with Gasteiger partial charge in [0.2, 0.25) is 5.91 Å². The van der Waals surface area contributed by atoms with Crippen LogP contribution in [0.2, 0.25) is 0 Å².